The molecule has 0 atom stereocenters. The SMILES string of the molecule is CCCCOCc1c(CC)ccc(C(C)(C)C)c1OCC. The van der Waals surface area contributed by atoms with Crippen LogP contribution in [0.1, 0.15) is 71.1 Å². The number of ether oxygens (including phenoxy) is 2. The van der Waals surface area contributed by atoms with E-state index < -0.39 is 0 Å². The summed E-state index contributed by atoms with van der Waals surface area (Å²) < 4.78 is 11.9. The van der Waals surface area contributed by atoms with Crippen molar-refractivity contribution < 1.29 is 9.47 Å². The van der Waals surface area contributed by atoms with E-state index in [1.165, 1.54) is 23.1 Å². The largest absolute Gasteiger partial charge is 0.493 e. The minimum atomic E-state index is 0.0783. The molecular formula is C19H32O2. The van der Waals surface area contributed by atoms with Crippen LogP contribution in [0, 0.1) is 0 Å². The molecule has 0 fully saturated rings. The first kappa shape index (κ1) is 18.0. The molecule has 2 nitrogen and oxygen atoms in total. The van der Waals surface area contributed by atoms with Gasteiger partial charge in [0.2, 0.25) is 0 Å². The van der Waals surface area contributed by atoms with E-state index in [9.17, 15) is 0 Å². The van der Waals surface area contributed by atoms with Crippen LogP contribution in [0.3, 0.4) is 0 Å². The first-order chi connectivity index (χ1) is 9.95. The van der Waals surface area contributed by atoms with Gasteiger partial charge in [0, 0.05) is 12.2 Å². The number of rotatable bonds is 8. The van der Waals surface area contributed by atoms with Gasteiger partial charge in [0.1, 0.15) is 5.75 Å². The van der Waals surface area contributed by atoms with E-state index in [1.54, 1.807) is 0 Å². The highest BCUT2D eigenvalue weighted by Gasteiger charge is 2.23. The minimum Gasteiger partial charge on any atom is -0.493 e. The molecule has 0 bridgehead atoms. The Morgan fingerprint density at radius 3 is 2.29 bits per heavy atom. The number of hydrogen-bond donors (Lipinski definition) is 0. The quantitative estimate of drug-likeness (QED) is 0.608. The summed E-state index contributed by atoms with van der Waals surface area (Å²) in [5.41, 5.74) is 3.93. The van der Waals surface area contributed by atoms with Crippen LogP contribution in [-0.2, 0) is 23.2 Å². The van der Waals surface area contributed by atoms with Gasteiger partial charge in [-0.3, -0.25) is 0 Å². The van der Waals surface area contributed by atoms with Crippen molar-refractivity contribution in [2.45, 2.75) is 72.8 Å². The van der Waals surface area contributed by atoms with E-state index in [2.05, 4.69) is 46.8 Å². The molecule has 0 aliphatic heterocycles. The lowest BCUT2D eigenvalue weighted by molar-refractivity contribution is 0.115. The van der Waals surface area contributed by atoms with Gasteiger partial charge in [-0.2, -0.15) is 0 Å². The van der Waals surface area contributed by atoms with Crippen LogP contribution >= 0.6 is 0 Å². The Bertz CT molecular complexity index is 430. The standard InChI is InChI=1S/C19H32O2/c1-7-10-13-20-14-16-15(8-2)11-12-17(19(4,5)6)18(16)21-9-3/h11-12H,7-10,13-14H2,1-6H3. The number of unbranched alkanes of at least 4 members (excludes halogenated alkanes) is 1. The van der Waals surface area contributed by atoms with Gasteiger partial charge in [-0.05, 0) is 36.3 Å². The summed E-state index contributed by atoms with van der Waals surface area (Å²) in [4.78, 5) is 0. The molecule has 0 saturated heterocycles. The third kappa shape index (κ3) is 5.03. The van der Waals surface area contributed by atoms with Crippen molar-refractivity contribution in [3.05, 3.63) is 28.8 Å². The fraction of sp³-hybridized carbons (Fsp3) is 0.684. The van der Waals surface area contributed by atoms with Gasteiger partial charge in [-0.25, -0.2) is 0 Å². The minimum absolute atomic E-state index is 0.0783. The van der Waals surface area contributed by atoms with Gasteiger partial charge >= 0.3 is 0 Å². The molecule has 0 radical (unpaired) electrons. The summed E-state index contributed by atoms with van der Waals surface area (Å²) in [7, 11) is 0. The average molecular weight is 292 g/mol. The Balaban J connectivity index is 3.14. The molecule has 0 heterocycles. The summed E-state index contributed by atoms with van der Waals surface area (Å²) in [6, 6.07) is 4.46. The van der Waals surface area contributed by atoms with E-state index in [0.717, 1.165) is 25.2 Å². The van der Waals surface area contributed by atoms with Crippen molar-refractivity contribution in [2.24, 2.45) is 0 Å². The lowest BCUT2D eigenvalue weighted by atomic mass is 9.84. The van der Waals surface area contributed by atoms with Crippen molar-refractivity contribution >= 4 is 0 Å². The zero-order valence-corrected chi connectivity index (χ0v) is 14.7. The molecule has 0 saturated carbocycles. The van der Waals surface area contributed by atoms with Crippen molar-refractivity contribution in [1.29, 1.82) is 0 Å². The Morgan fingerprint density at radius 1 is 1.05 bits per heavy atom. The molecule has 0 unspecified atom stereocenters. The summed E-state index contributed by atoms with van der Waals surface area (Å²) >= 11 is 0. The molecule has 0 aromatic heterocycles. The third-order valence-electron chi connectivity index (χ3n) is 3.72. The Hall–Kier alpha value is -1.02. The Labute approximate surface area is 130 Å². The Morgan fingerprint density at radius 2 is 1.76 bits per heavy atom. The predicted octanol–water partition coefficient (Wildman–Crippen LogP) is 5.26. The molecule has 120 valence electrons. The summed E-state index contributed by atoms with van der Waals surface area (Å²) in [5.74, 6) is 1.04. The second-order valence-electron chi connectivity index (χ2n) is 6.52. The fourth-order valence-corrected chi connectivity index (χ4v) is 2.48. The fourth-order valence-electron chi connectivity index (χ4n) is 2.48. The monoisotopic (exact) mass is 292 g/mol. The van der Waals surface area contributed by atoms with Crippen LogP contribution in [0.4, 0.5) is 0 Å². The first-order valence-corrected chi connectivity index (χ1v) is 8.31. The zero-order chi connectivity index (χ0) is 15.9. The zero-order valence-electron chi connectivity index (χ0n) is 14.7. The van der Waals surface area contributed by atoms with E-state index in [-0.39, 0.29) is 5.41 Å². The van der Waals surface area contributed by atoms with Crippen LogP contribution in [0.15, 0.2) is 12.1 Å². The highest BCUT2D eigenvalue weighted by molar-refractivity contribution is 5.49. The molecule has 0 spiro atoms. The van der Waals surface area contributed by atoms with Crippen LogP contribution in [-0.4, -0.2) is 13.2 Å². The molecular weight excluding hydrogens is 260 g/mol. The topological polar surface area (TPSA) is 18.5 Å². The van der Waals surface area contributed by atoms with Crippen LogP contribution in [0.5, 0.6) is 5.75 Å². The lowest BCUT2D eigenvalue weighted by Gasteiger charge is -2.26. The first-order valence-electron chi connectivity index (χ1n) is 8.31. The van der Waals surface area contributed by atoms with Crippen LogP contribution in [0.2, 0.25) is 0 Å². The molecule has 1 aromatic rings. The van der Waals surface area contributed by atoms with E-state index in [0.29, 0.717) is 13.2 Å². The molecule has 0 aliphatic carbocycles. The van der Waals surface area contributed by atoms with E-state index >= 15 is 0 Å². The van der Waals surface area contributed by atoms with Crippen molar-refractivity contribution in [1.82, 2.24) is 0 Å². The summed E-state index contributed by atoms with van der Waals surface area (Å²) in [5, 5.41) is 0. The molecule has 0 amide bonds. The maximum absolute atomic E-state index is 6.01. The van der Waals surface area contributed by atoms with Gasteiger partial charge in [-0.1, -0.05) is 53.2 Å². The normalized spacial score (nSPS) is 11.7. The highest BCUT2D eigenvalue weighted by Crippen LogP contribution is 2.36. The molecule has 0 aliphatic rings. The molecule has 1 aromatic carbocycles. The van der Waals surface area contributed by atoms with E-state index in [1.807, 2.05) is 6.92 Å². The summed E-state index contributed by atoms with van der Waals surface area (Å²) in [6.07, 6.45) is 3.29. The van der Waals surface area contributed by atoms with Gasteiger partial charge in [0.15, 0.2) is 0 Å². The van der Waals surface area contributed by atoms with Gasteiger partial charge < -0.3 is 9.47 Å². The van der Waals surface area contributed by atoms with Crippen molar-refractivity contribution in [3.63, 3.8) is 0 Å². The molecule has 0 N–H and O–H groups in total. The summed E-state index contributed by atoms with van der Waals surface area (Å²) in [6.45, 7) is 15.3. The average Bonchev–Trinajstić information content (AvgIpc) is 2.43. The maximum Gasteiger partial charge on any atom is 0.128 e. The number of hydrogen-bond acceptors (Lipinski definition) is 2. The second-order valence-corrected chi connectivity index (χ2v) is 6.52. The van der Waals surface area contributed by atoms with Crippen LogP contribution < -0.4 is 4.74 Å². The van der Waals surface area contributed by atoms with Gasteiger partial charge in [0.25, 0.3) is 0 Å². The van der Waals surface area contributed by atoms with Crippen molar-refractivity contribution in [3.8, 4) is 5.75 Å². The lowest BCUT2D eigenvalue weighted by Crippen LogP contribution is -2.16. The van der Waals surface area contributed by atoms with Crippen LogP contribution in [0.25, 0.3) is 0 Å². The molecule has 1 rings (SSSR count). The molecule has 21 heavy (non-hydrogen) atoms. The van der Waals surface area contributed by atoms with Gasteiger partial charge in [0.05, 0.1) is 13.2 Å². The second kappa shape index (κ2) is 8.43. The van der Waals surface area contributed by atoms with Crippen molar-refractivity contribution in [2.75, 3.05) is 13.2 Å². The predicted molar refractivity (Wildman–Crippen MR) is 90.3 cm³/mol. The maximum atomic E-state index is 6.01. The third-order valence-corrected chi connectivity index (χ3v) is 3.72. The highest BCUT2D eigenvalue weighted by atomic mass is 16.5. The van der Waals surface area contributed by atoms with Gasteiger partial charge in [-0.15, -0.1) is 0 Å². The molecule has 2 heteroatoms. The smallest absolute Gasteiger partial charge is 0.128 e. The number of aryl methyl sites for hydroxylation is 1. The van der Waals surface area contributed by atoms with E-state index in [4.69, 9.17) is 9.47 Å². The number of benzene rings is 1. The Kier molecular flexibility index (Phi) is 7.24.